The van der Waals surface area contributed by atoms with Gasteiger partial charge in [0.2, 0.25) is 5.78 Å². The Hall–Kier alpha value is -3.21. The van der Waals surface area contributed by atoms with Gasteiger partial charge in [-0.15, -0.1) is 0 Å². The summed E-state index contributed by atoms with van der Waals surface area (Å²) in [5.41, 5.74) is 8.27. The van der Waals surface area contributed by atoms with Gasteiger partial charge in [0, 0.05) is 23.6 Å². The predicted molar refractivity (Wildman–Crippen MR) is 112 cm³/mol. The van der Waals surface area contributed by atoms with Crippen molar-refractivity contribution in [2.45, 2.75) is 31.0 Å². The Kier molecular flexibility index (Phi) is 4.92. The number of nitrogens with zero attached hydrogens (tertiary/aromatic N) is 1. The molecule has 1 fully saturated rings. The van der Waals surface area contributed by atoms with E-state index >= 15 is 0 Å². The molecule has 1 aromatic rings. The predicted octanol–water partition coefficient (Wildman–Crippen LogP) is -0.577. The molecule has 10 heteroatoms. The number of aliphatic hydroxyl groups excluding tert-OH is 2. The molecule has 0 aromatic heterocycles. The molecular formula is C22H25N3O7. The Labute approximate surface area is 183 Å². The smallest absolute Gasteiger partial charge is 0.255 e. The van der Waals surface area contributed by atoms with E-state index < -0.39 is 58.0 Å². The highest BCUT2D eigenvalue weighted by atomic mass is 16.3. The number of amides is 1. The number of benzene rings is 1. The molecular weight excluding hydrogens is 418 g/mol. The summed E-state index contributed by atoms with van der Waals surface area (Å²) in [6.45, 7) is 0.00321. The largest absolute Gasteiger partial charge is 0.508 e. The second-order valence-electron chi connectivity index (χ2n) is 8.77. The molecule has 0 radical (unpaired) electrons. The number of fused-ring (bicyclic) bond motifs is 3. The number of carbonyl (C=O) groups is 3. The average molecular weight is 443 g/mol. The van der Waals surface area contributed by atoms with Gasteiger partial charge in [-0.1, -0.05) is 12.1 Å². The van der Waals surface area contributed by atoms with Crippen molar-refractivity contribution in [1.29, 1.82) is 0 Å². The molecule has 0 bridgehead atoms. The lowest BCUT2D eigenvalue weighted by Gasteiger charge is -2.50. The van der Waals surface area contributed by atoms with Crippen LogP contribution in [0, 0.1) is 11.8 Å². The number of nitrogens with two attached hydrogens (primary N) is 2. The van der Waals surface area contributed by atoms with Gasteiger partial charge in [0.1, 0.15) is 22.8 Å². The lowest BCUT2D eigenvalue weighted by Crippen LogP contribution is -2.65. The van der Waals surface area contributed by atoms with Gasteiger partial charge in [-0.05, 0) is 38.4 Å². The standard InChI is InChI=1S/C22H25N3O7/c1-25(2)15-11-6-10-5-8-3-4-9(7-23)16(26)12(8)17(27)13(10)19(29)22(11,32)20(30)14(18(15)28)21(24)31/h3-4,10-11,15,26-27,30,32H,5-7,23H2,1-2H3,(H2,24,31)/t10?,11?,15?,22-/m0/s1. The fourth-order valence-electron chi connectivity index (χ4n) is 5.43. The number of rotatable bonds is 3. The summed E-state index contributed by atoms with van der Waals surface area (Å²) in [6, 6.07) is 2.24. The van der Waals surface area contributed by atoms with E-state index in [0.29, 0.717) is 11.1 Å². The summed E-state index contributed by atoms with van der Waals surface area (Å²) in [7, 11) is 3.11. The van der Waals surface area contributed by atoms with Crippen LogP contribution in [0.15, 0.2) is 29.0 Å². The van der Waals surface area contributed by atoms with Gasteiger partial charge in [-0.25, -0.2) is 0 Å². The first-order valence-electron chi connectivity index (χ1n) is 10.1. The third-order valence-corrected chi connectivity index (χ3v) is 6.90. The Balaban J connectivity index is 1.97. The Morgan fingerprint density at radius 2 is 1.88 bits per heavy atom. The molecule has 32 heavy (non-hydrogen) atoms. The number of primary amides is 1. The number of likely N-dealkylation sites (N-methyl/N-ethyl adjacent to an activating group) is 1. The summed E-state index contributed by atoms with van der Waals surface area (Å²) in [5.74, 6) is -6.63. The van der Waals surface area contributed by atoms with Crippen molar-refractivity contribution in [2.24, 2.45) is 23.3 Å². The van der Waals surface area contributed by atoms with Crippen molar-refractivity contribution in [3.05, 3.63) is 45.7 Å². The van der Waals surface area contributed by atoms with E-state index in [-0.39, 0.29) is 36.3 Å². The first kappa shape index (κ1) is 22.0. The average Bonchev–Trinajstić information content (AvgIpc) is 2.70. The quantitative estimate of drug-likeness (QED) is 0.332. The maximum atomic E-state index is 13.6. The second kappa shape index (κ2) is 7.16. The normalized spacial score (nSPS) is 29.7. The molecule has 1 amide bonds. The number of phenols is 1. The third kappa shape index (κ3) is 2.66. The van der Waals surface area contributed by atoms with E-state index in [4.69, 9.17) is 11.5 Å². The summed E-state index contributed by atoms with van der Waals surface area (Å²) < 4.78 is 0. The van der Waals surface area contributed by atoms with Crippen LogP contribution in [-0.2, 0) is 27.3 Å². The molecule has 10 nitrogen and oxygen atoms in total. The number of aromatic hydroxyl groups is 1. The van der Waals surface area contributed by atoms with E-state index in [1.807, 2.05) is 0 Å². The fourth-order valence-corrected chi connectivity index (χ4v) is 5.43. The molecule has 4 rings (SSSR count). The number of carbonyl (C=O) groups excluding carboxylic acids is 3. The van der Waals surface area contributed by atoms with E-state index in [1.165, 1.54) is 4.90 Å². The number of hydrogen-bond acceptors (Lipinski definition) is 9. The van der Waals surface area contributed by atoms with Gasteiger partial charge in [-0.2, -0.15) is 0 Å². The minimum Gasteiger partial charge on any atom is -0.508 e. The Morgan fingerprint density at radius 1 is 1.22 bits per heavy atom. The van der Waals surface area contributed by atoms with Crippen LogP contribution in [0.5, 0.6) is 5.75 Å². The molecule has 0 spiro atoms. The zero-order valence-electron chi connectivity index (χ0n) is 17.6. The molecule has 170 valence electrons. The Bertz CT molecular complexity index is 1140. The summed E-state index contributed by atoms with van der Waals surface area (Å²) in [4.78, 5) is 40.0. The van der Waals surface area contributed by atoms with Crippen molar-refractivity contribution < 1.29 is 34.8 Å². The molecule has 3 aliphatic carbocycles. The number of hydrogen-bond donors (Lipinski definition) is 6. The molecule has 3 unspecified atom stereocenters. The highest BCUT2D eigenvalue weighted by Crippen LogP contribution is 2.52. The van der Waals surface area contributed by atoms with Gasteiger partial charge >= 0.3 is 0 Å². The van der Waals surface area contributed by atoms with E-state index in [2.05, 4.69) is 0 Å². The van der Waals surface area contributed by atoms with Crippen molar-refractivity contribution in [1.82, 2.24) is 4.90 Å². The van der Waals surface area contributed by atoms with Crippen LogP contribution in [0.25, 0.3) is 5.76 Å². The topological polar surface area (TPSA) is 187 Å². The van der Waals surface area contributed by atoms with Gasteiger partial charge in [0.25, 0.3) is 5.91 Å². The van der Waals surface area contributed by atoms with Crippen LogP contribution in [0.2, 0.25) is 0 Å². The Morgan fingerprint density at radius 3 is 2.44 bits per heavy atom. The van der Waals surface area contributed by atoms with Crippen LogP contribution >= 0.6 is 0 Å². The molecule has 4 atom stereocenters. The zero-order valence-corrected chi connectivity index (χ0v) is 17.6. The second-order valence-corrected chi connectivity index (χ2v) is 8.77. The van der Waals surface area contributed by atoms with Crippen molar-refractivity contribution >= 4 is 23.2 Å². The number of Topliss-reactive ketones (excluding diaryl/α,β-unsaturated/α-hetero) is 2. The van der Waals surface area contributed by atoms with Crippen molar-refractivity contribution in [3.8, 4) is 5.75 Å². The van der Waals surface area contributed by atoms with E-state index in [1.54, 1.807) is 26.2 Å². The third-order valence-electron chi connectivity index (χ3n) is 6.90. The molecule has 3 aliphatic rings. The van der Waals surface area contributed by atoms with Gasteiger partial charge in [-0.3, -0.25) is 19.3 Å². The number of phenolic OH excluding ortho intramolecular Hbond substituents is 1. The maximum Gasteiger partial charge on any atom is 0.255 e. The summed E-state index contributed by atoms with van der Waals surface area (Å²) in [5, 5.41) is 43.8. The summed E-state index contributed by atoms with van der Waals surface area (Å²) in [6.07, 6.45) is 0.318. The minimum atomic E-state index is -2.63. The minimum absolute atomic E-state index is 0.00321. The molecule has 8 N–H and O–H groups in total. The number of ketones is 2. The van der Waals surface area contributed by atoms with E-state index in [9.17, 15) is 34.8 Å². The van der Waals surface area contributed by atoms with Gasteiger partial charge < -0.3 is 31.9 Å². The van der Waals surface area contributed by atoms with E-state index in [0.717, 1.165) is 0 Å². The van der Waals surface area contributed by atoms with Crippen molar-refractivity contribution in [3.63, 3.8) is 0 Å². The molecule has 1 aromatic carbocycles. The van der Waals surface area contributed by atoms with Crippen LogP contribution in [0.4, 0.5) is 0 Å². The zero-order chi connectivity index (χ0) is 23.7. The molecule has 0 saturated heterocycles. The summed E-state index contributed by atoms with van der Waals surface area (Å²) >= 11 is 0. The molecule has 1 saturated carbocycles. The lowest BCUT2D eigenvalue weighted by atomic mass is 9.57. The monoisotopic (exact) mass is 443 g/mol. The lowest BCUT2D eigenvalue weighted by molar-refractivity contribution is -0.153. The van der Waals surface area contributed by atoms with Crippen LogP contribution in [-0.4, -0.2) is 68.5 Å². The maximum absolute atomic E-state index is 13.6. The highest BCUT2D eigenvalue weighted by Gasteiger charge is 2.64. The first-order chi connectivity index (χ1) is 15.0. The van der Waals surface area contributed by atoms with Crippen LogP contribution in [0.3, 0.4) is 0 Å². The SMILES string of the molecule is CN(C)C1C(=O)C(C(N)=O)=C(O)[C@@]2(O)C(=O)C3=C(O)c4c(ccc(CN)c4O)CC3CC12. The molecule has 0 aliphatic heterocycles. The van der Waals surface area contributed by atoms with Crippen LogP contribution < -0.4 is 11.5 Å². The number of aliphatic hydroxyl groups is 3. The van der Waals surface area contributed by atoms with Crippen molar-refractivity contribution in [2.75, 3.05) is 14.1 Å². The highest BCUT2D eigenvalue weighted by molar-refractivity contribution is 6.24. The van der Waals surface area contributed by atoms with Gasteiger partial charge in [0.15, 0.2) is 11.4 Å². The molecule has 0 heterocycles. The van der Waals surface area contributed by atoms with Gasteiger partial charge in [0.05, 0.1) is 11.6 Å². The first-order valence-corrected chi connectivity index (χ1v) is 10.1. The fraction of sp³-hybridized carbons (Fsp3) is 0.409. The van der Waals surface area contributed by atoms with Crippen LogP contribution in [0.1, 0.15) is 23.1 Å².